The van der Waals surface area contributed by atoms with Gasteiger partial charge >= 0.3 is 0 Å². The Morgan fingerprint density at radius 1 is 0.878 bits per heavy atom. The molecule has 0 aliphatic rings. The molecule has 0 unspecified atom stereocenters. The number of carbonyl (C=O) groups excluding carboxylic acids is 2. The van der Waals surface area contributed by atoms with Gasteiger partial charge in [-0.05, 0) is 75.2 Å². The fourth-order valence-electron chi connectivity index (χ4n) is 4.16. The fourth-order valence-corrected chi connectivity index (χ4v) is 6.34. The molecule has 7 nitrogen and oxygen atoms in total. The van der Waals surface area contributed by atoms with Crippen molar-refractivity contribution >= 4 is 73.9 Å². The maximum atomic E-state index is 14.1. The minimum Gasteiger partial charge on any atom is -0.352 e. The van der Waals surface area contributed by atoms with Crippen LogP contribution in [0.25, 0.3) is 0 Å². The lowest BCUT2D eigenvalue weighted by Gasteiger charge is -2.33. The largest absolute Gasteiger partial charge is 0.352 e. The van der Waals surface area contributed by atoms with Gasteiger partial charge in [-0.15, -0.1) is 0 Å². The predicted octanol–water partition coefficient (Wildman–Crippen LogP) is 7.14. The number of sulfonamides is 1. The topological polar surface area (TPSA) is 86.8 Å². The number of anilines is 1. The third-order valence-electron chi connectivity index (χ3n) is 6.22. The van der Waals surface area contributed by atoms with E-state index in [1.807, 2.05) is 20.8 Å². The zero-order chi connectivity index (χ0) is 30.5. The van der Waals surface area contributed by atoms with E-state index in [0.29, 0.717) is 10.6 Å². The zero-order valence-electron chi connectivity index (χ0n) is 23.0. The van der Waals surface area contributed by atoms with Crippen molar-refractivity contribution in [3.05, 3.63) is 91.9 Å². The number of amides is 2. The quantitative estimate of drug-likeness (QED) is 0.237. The normalized spacial score (nSPS) is 12.2. The molecule has 3 aromatic rings. The van der Waals surface area contributed by atoms with Crippen molar-refractivity contribution < 1.29 is 18.0 Å². The lowest BCUT2D eigenvalue weighted by atomic mass is 10.1. The lowest BCUT2D eigenvalue weighted by Crippen LogP contribution is -2.53. The minimum atomic E-state index is -4.29. The van der Waals surface area contributed by atoms with Crippen LogP contribution in [0.15, 0.2) is 65.6 Å². The van der Waals surface area contributed by atoms with Gasteiger partial charge in [0.15, 0.2) is 0 Å². The summed E-state index contributed by atoms with van der Waals surface area (Å²) in [7, 11) is -4.29. The maximum absolute atomic E-state index is 14.1. The fraction of sp³-hybridized carbons (Fsp3) is 0.310. The van der Waals surface area contributed by atoms with Gasteiger partial charge < -0.3 is 10.2 Å². The Hall–Kier alpha value is -2.49. The standard InChI is InChI=1S/C29H31Cl4N3O4S/c1-5-26(29(38)34-18(2)3)35(16-20-8-12-23(31)25(33)14-20)28(37)17-36(27-15-21(30)9-13-24(27)32)41(39,40)22-10-6-19(4)7-11-22/h6-15,18,26H,5,16-17H2,1-4H3,(H,34,38)/t26-/m1/s1. The summed E-state index contributed by atoms with van der Waals surface area (Å²) < 4.78 is 28.9. The van der Waals surface area contributed by atoms with Gasteiger partial charge in [0, 0.05) is 17.6 Å². The highest BCUT2D eigenvalue weighted by Gasteiger charge is 2.34. The van der Waals surface area contributed by atoms with E-state index in [-0.39, 0.29) is 50.6 Å². The summed E-state index contributed by atoms with van der Waals surface area (Å²) in [5, 5.41) is 3.78. The average Bonchev–Trinajstić information content (AvgIpc) is 2.90. The summed E-state index contributed by atoms with van der Waals surface area (Å²) in [5.41, 5.74) is 1.50. The molecule has 12 heteroatoms. The van der Waals surface area contributed by atoms with Gasteiger partial charge in [-0.25, -0.2) is 8.42 Å². The molecule has 0 bridgehead atoms. The summed E-state index contributed by atoms with van der Waals surface area (Å²) in [6.07, 6.45) is 0.272. The molecule has 0 aromatic heterocycles. The number of halogens is 4. The van der Waals surface area contributed by atoms with Crippen molar-refractivity contribution in [2.24, 2.45) is 0 Å². The third-order valence-corrected chi connectivity index (χ3v) is 9.29. The average molecular weight is 659 g/mol. The van der Waals surface area contributed by atoms with E-state index in [1.165, 1.54) is 35.2 Å². The van der Waals surface area contributed by atoms with Crippen LogP contribution in [0, 0.1) is 6.92 Å². The molecule has 0 fully saturated rings. The van der Waals surface area contributed by atoms with Crippen LogP contribution in [-0.4, -0.2) is 43.8 Å². The molecule has 0 aliphatic carbocycles. The van der Waals surface area contributed by atoms with Crippen LogP contribution in [0.5, 0.6) is 0 Å². The monoisotopic (exact) mass is 657 g/mol. The second-order valence-corrected chi connectivity index (χ2v) is 13.3. The molecule has 0 saturated carbocycles. The summed E-state index contributed by atoms with van der Waals surface area (Å²) in [6.45, 7) is 6.55. The highest BCUT2D eigenvalue weighted by atomic mass is 35.5. The molecule has 0 spiro atoms. The predicted molar refractivity (Wildman–Crippen MR) is 167 cm³/mol. The molecular weight excluding hydrogens is 628 g/mol. The Morgan fingerprint density at radius 2 is 1.51 bits per heavy atom. The van der Waals surface area contributed by atoms with E-state index in [2.05, 4.69) is 5.32 Å². The lowest BCUT2D eigenvalue weighted by molar-refractivity contribution is -0.140. The smallest absolute Gasteiger partial charge is 0.264 e. The molecule has 3 aromatic carbocycles. The van der Waals surface area contributed by atoms with E-state index in [9.17, 15) is 18.0 Å². The van der Waals surface area contributed by atoms with Crippen molar-refractivity contribution in [1.82, 2.24) is 10.2 Å². The molecule has 3 rings (SSSR count). The van der Waals surface area contributed by atoms with Crippen LogP contribution in [0.4, 0.5) is 5.69 Å². The molecule has 220 valence electrons. The van der Waals surface area contributed by atoms with Gasteiger partial charge in [0.25, 0.3) is 10.0 Å². The van der Waals surface area contributed by atoms with Crippen molar-refractivity contribution in [3.8, 4) is 0 Å². The summed E-state index contributed by atoms with van der Waals surface area (Å²) in [6, 6.07) is 14.4. The molecule has 41 heavy (non-hydrogen) atoms. The Morgan fingerprint density at radius 3 is 2.10 bits per heavy atom. The molecular formula is C29H31Cl4N3O4S. The van der Waals surface area contributed by atoms with Gasteiger partial charge in [0.1, 0.15) is 12.6 Å². The number of rotatable bonds is 11. The van der Waals surface area contributed by atoms with E-state index in [0.717, 1.165) is 9.87 Å². The second kappa shape index (κ2) is 14.1. The van der Waals surface area contributed by atoms with Crippen molar-refractivity contribution in [2.75, 3.05) is 10.8 Å². The Balaban J connectivity index is 2.12. The number of carbonyl (C=O) groups is 2. The Kier molecular flexibility index (Phi) is 11.4. The van der Waals surface area contributed by atoms with E-state index >= 15 is 0 Å². The summed E-state index contributed by atoms with van der Waals surface area (Å²) >= 11 is 25.0. The van der Waals surface area contributed by atoms with Crippen molar-refractivity contribution in [1.29, 1.82) is 0 Å². The maximum Gasteiger partial charge on any atom is 0.264 e. The molecule has 2 amide bonds. The molecule has 0 saturated heterocycles. The summed E-state index contributed by atoms with van der Waals surface area (Å²) in [4.78, 5) is 28.6. The van der Waals surface area contributed by atoms with E-state index in [1.54, 1.807) is 37.3 Å². The van der Waals surface area contributed by atoms with E-state index in [4.69, 9.17) is 46.4 Å². The van der Waals surface area contributed by atoms with Gasteiger partial charge in [0.2, 0.25) is 11.8 Å². The molecule has 0 heterocycles. The third kappa shape index (κ3) is 8.30. The van der Waals surface area contributed by atoms with E-state index < -0.39 is 28.5 Å². The SMILES string of the molecule is CC[C@H](C(=O)NC(C)C)N(Cc1ccc(Cl)c(Cl)c1)C(=O)CN(c1cc(Cl)ccc1Cl)S(=O)(=O)c1ccc(C)cc1. The number of aryl methyl sites for hydroxylation is 1. The van der Waals surface area contributed by atoms with Crippen LogP contribution >= 0.6 is 46.4 Å². The molecule has 0 aliphatic heterocycles. The van der Waals surface area contributed by atoms with Gasteiger partial charge in [-0.2, -0.15) is 0 Å². The molecule has 0 radical (unpaired) electrons. The molecule has 1 atom stereocenters. The first-order valence-corrected chi connectivity index (χ1v) is 15.8. The number of nitrogens with zero attached hydrogens (tertiary/aromatic N) is 2. The van der Waals surface area contributed by atoms with Crippen LogP contribution in [0.3, 0.4) is 0 Å². The van der Waals surface area contributed by atoms with Crippen LogP contribution < -0.4 is 9.62 Å². The van der Waals surface area contributed by atoms with Gasteiger partial charge in [-0.1, -0.05) is 77.1 Å². The number of benzene rings is 3. The Bertz CT molecular complexity index is 1510. The first kappa shape index (κ1) is 33.0. The first-order chi connectivity index (χ1) is 19.2. The minimum absolute atomic E-state index is 0.0263. The first-order valence-electron chi connectivity index (χ1n) is 12.8. The Labute approximate surface area is 261 Å². The van der Waals surface area contributed by atoms with Gasteiger partial charge in [-0.3, -0.25) is 13.9 Å². The van der Waals surface area contributed by atoms with Crippen LogP contribution in [0.1, 0.15) is 38.3 Å². The zero-order valence-corrected chi connectivity index (χ0v) is 26.8. The van der Waals surface area contributed by atoms with Crippen LogP contribution in [0.2, 0.25) is 20.1 Å². The summed E-state index contributed by atoms with van der Waals surface area (Å²) in [5.74, 6) is -1.00. The highest BCUT2D eigenvalue weighted by molar-refractivity contribution is 7.92. The van der Waals surface area contributed by atoms with Crippen LogP contribution in [-0.2, 0) is 26.2 Å². The van der Waals surface area contributed by atoms with Gasteiger partial charge in [0.05, 0.1) is 25.7 Å². The number of hydrogen-bond acceptors (Lipinski definition) is 4. The molecule has 1 N–H and O–H groups in total. The van der Waals surface area contributed by atoms with Crippen molar-refractivity contribution in [2.45, 2.75) is 57.6 Å². The number of nitrogens with one attached hydrogen (secondary N) is 1. The number of hydrogen-bond donors (Lipinski definition) is 1. The highest BCUT2D eigenvalue weighted by Crippen LogP contribution is 2.33. The van der Waals surface area contributed by atoms with Crippen molar-refractivity contribution in [3.63, 3.8) is 0 Å². The second-order valence-electron chi connectivity index (χ2n) is 9.78.